The van der Waals surface area contributed by atoms with Crippen LogP contribution in [0.5, 0.6) is 0 Å². The number of nitrogens with two attached hydrogens (primary N) is 1. The maximum atomic E-state index is 12.2. The molecule has 1 unspecified atom stereocenters. The molecule has 1 aliphatic rings. The van der Waals surface area contributed by atoms with Crippen LogP contribution in [0.25, 0.3) is 0 Å². The maximum Gasteiger partial charge on any atom is 0.255 e. The predicted octanol–water partition coefficient (Wildman–Crippen LogP) is 1.37. The van der Waals surface area contributed by atoms with E-state index in [1.165, 1.54) is 4.90 Å². The lowest BCUT2D eigenvalue weighted by atomic mass is 10.1. The summed E-state index contributed by atoms with van der Waals surface area (Å²) >= 11 is 0. The standard InChI is InChI=1S/C10H18F2N2O/c1-2-3-8(13)10(15)14(6-9(11)12)7-4-5-7/h7-9H,2-6,13H2,1H3. The quantitative estimate of drug-likeness (QED) is 0.734. The highest BCUT2D eigenvalue weighted by atomic mass is 19.3. The molecule has 1 rings (SSSR count). The fourth-order valence-corrected chi connectivity index (χ4v) is 1.60. The summed E-state index contributed by atoms with van der Waals surface area (Å²) in [7, 11) is 0. The number of alkyl halides is 2. The SMILES string of the molecule is CCCC(N)C(=O)N(CC(F)F)C1CC1. The number of carbonyl (C=O) groups is 1. The van der Waals surface area contributed by atoms with E-state index in [0.717, 1.165) is 19.3 Å². The molecule has 2 N–H and O–H groups in total. The number of nitrogens with zero attached hydrogens (tertiary/aromatic N) is 1. The van der Waals surface area contributed by atoms with Gasteiger partial charge in [0.25, 0.3) is 6.43 Å². The van der Waals surface area contributed by atoms with Gasteiger partial charge < -0.3 is 10.6 Å². The summed E-state index contributed by atoms with van der Waals surface area (Å²) in [6.45, 7) is 1.45. The molecule has 0 aliphatic heterocycles. The number of rotatable bonds is 6. The molecule has 0 spiro atoms. The Morgan fingerprint density at radius 1 is 1.53 bits per heavy atom. The Kier molecular flexibility index (Phi) is 4.45. The highest BCUT2D eigenvalue weighted by Crippen LogP contribution is 2.28. The zero-order valence-electron chi connectivity index (χ0n) is 8.96. The van der Waals surface area contributed by atoms with E-state index in [-0.39, 0.29) is 11.9 Å². The maximum absolute atomic E-state index is 12.2. The van der Waals surface area contributed by atoms with E-state index >= 15 is 0 Å². The largest absolute Gasteiger partial charge is 0.333 e. The van der Waals surface area contributed by atoms with Gasteiger partial charge in [0.2, 0.25) is 5.91 Å². The van der Waals surface area contributed by atoms with E-state index in [1.54, 1.807) is 0 Å². The highest BCUT2D eigenvalue weighted by Gasteiger charge is 2.35. The average molecular weight is 220 g/mol. The Labute approximate surface area is 88.6 Å². The lowest BCUT2D eigenvalue weighted by molar-refractivity contribution is -0.135. The summed E-state index contributed by atoms with van der Waals surface area (Å²) < 4.78 is 24.5. The van der Waals surface area contributed by atoms with Crippen LogP contribution in [0.15, 0.2) is 0 Å². The van der Waals surface area contributed by atoms with Crippen LogP contribution in [0, 0.1) is 0 Å². The van der Waals surface area contributed by atoms with Gasteiger partial charge in [-0.05, 0) is 19.3 Å². The molecule has 0 aromatic heterocycles. The smallest absolute Gasteiger partial charge is 0.255 e. The van der Waals surface area contributed by atoms with Crippen molar-refractivity contribution in [1.29, 1.82) is 0 Å². The van der Waals surface area contributed by atoms with Crippen molar-refractivity contribution in [2.45, 2.75) is 51.1 Å². The lowest BCUT2D eigenvalue weighted by Crippen LogP contribution is -2.46. The van der Waals surface area contributed by atoms with Crippen LogP contribution in [-0.4, -0.2) is 35.9 Å². The van der Waals surface area contributed by atoms with Gasteiger partial charge in [-0.15, -0.1) is 0 Å². The molecule has 1 atom stereocenters. The van der Waals surface area contributed by atoms with Crippen LogP contribution in [0.4, 0.5) is 8.78 Å². The van der Waals surface area contributed by atoms with Crippen molar-refractivity contribution in [3.8, 4) is 0 Å². The Morgan fingerprint density at radius 3 is 2.53 bits per heavy atom. The summed E-state index contributed by atoms with van der Waals surface area (Å²) in [6.07, 6.45) is 0.545. The Morgan fingerprint density at radius 2 is 2.13 bits per heavy atom. The first-order valence-corrected chi connectivity index (χ1v) is 5.40. The van der Waals surface area contributed by atoms with Gasteiger partial charge in [-0.3, -0.25) is 4.79 Å². The zero-order valence-corrected chi connectivity index (χ0v) is 8.96. The Bertz CT molecular complexity index is 219. The van der Waals surface area contributed by atoms with Crippen molar-refractivity contribution in [2.24, 2.45) is 5.73 Å². The van der Waals surface area contributed by atoms with Gasteiger partial charge in [0.15, 0.2) is 0 Å². The Balaban J connectivity index is 2.50. The third kappa shape index (κ3) is 3.74. The molecular weight excluding hydrogens is 202 g/mol. The third-order valence-corrected chi connectivity index (χ3v) is 2.52. The van der Waals surface area contributed by atoms with Gasteiger partial charge in [0.1, 0.15) is 0 Å². The van der Waals surface area contributed by atoms with E-state index in [0.29, 0.717) is 6.42 Å². The number of amides is 1. The van der Waals surface area contributed by atoms with E-state index in [1.807, 2.05) is 6.92 Å². The first-order valence-electron chi connectivity index (χ1n) is 5.40. The highest BCUT2D eigenvalue weighted by molar-refractivity contribution is 5.82. The Hall–Kier alpha value is -0.710. The molecule has 0 heterocycles. The van der Waals surface area contributed by atoms with Crippen molar-refractivity contribution in [1.82, 2.24) is 4.90 Å². The minimum absolute atomic E-state index is 0.00871. The molecule has 1 fully saturated rings. The first-order chi connectivity index (χ1) is 7.06. The normalized spacial score (nSPS) is 17.9. The van der Waals surface area contributed by atoms with Crippen LogP contribution in [0.2, 0.25) is 0 Å². The molecule has 0 bridgehead atoms. The first kappa shape index (κ1) is 12.4. The van der Waals surface area contributed by atoms with Crippen molar-refractivity contribution < 1.29 is 13.6 Å². The van der Waals surface area contributed by atoms with Gasteiger partial charge in [-0.2, -0.15) is 0 Å². The summed E-state index contributed by atoms with van der Waals surface area (Å²) in [5, 5.41) is 0. The molecular formula is C10H18F2N2O. The van der Waals surface area contributed by atoms with Crippen LogP contribution >= 0.6 is 0 Å². The van der Waals surface area contributed by atoms with Crippen molar-refractivity contribution in [2.75, 3.05) is 6.54 Å². The van der Waals surface area contributed by atoms with Gasteiger partial charge in [0, 0.05) is 6.04 Å². The lowest BCUT2D eigenvalue weighted by Gasteiger charge is -2.25. The van der Waals surface area contributed by atoms with Gasteiger partial charge in [-0.25, -0.2) is 8.78 Å². The van der Waals surface area contributed by atoms with E-state index < -0.39 is 19.0 Å². The molecule has 1 saturated carbocycles. The molecule has 1 aliphatic carbocycles. The topological polar surface area (TPSA) is 46.3 Å². The minimum Gasteiger partial charge on any atom is -0.333 e. The van der Waals surface area contributed by atoms with E-state index in [9.17, 15) is 13.6 Å². The molecule has 0 saturated heterocycles. The fourth-order valence-electron chi connectivity index (χ4n) is 1.60. The van der Waals surface area contributed by atoms with Crippen LogP contribution in [0.3, 0.4) is 0 Å². The summed E-state index contributed by atoms with van der Waals surface area (Å²) in [5.41, 5.74) is 5.63. The molecule has 0 radical (unpaired) electrons. The monoisotopic (exact) mass is 220 g/mol. The predicted molar refractivity (Wildman–Crippen MR) is 53.6 cm³/mol. The zero-order chi connectivity index (χ0) is 11.4. The second-order valence-electron chi connectivity index (χ2n) is 4.01. The fraction of sp³-hybridized carbons (Fsp3) is 0.900. The van der Waals surface area contributed by atoms with Gasteiger partial charge >= 0.3 is 0 Å². The molecule has 3 nitrogen and oxygen atoms in total. The second-order valence-corrected chi connectivity index (χ2v) is 4.01. The van der Waals surface area contributed by atoms with Crippen LogP contribution in [-0.2, 0) is 4.79 Å². The summed E-state index contributed by atoms with van der Waals surface area (Å²) in [5.74, 6) is -0.320. The average Bonchev–Trinajstić information content (AvgIpc) is 2.96. The molecule has 5 heteroatoms. The molecule has 88 valence electrons. The summed E-state index contributed by atoms with van der Waals surface area (Å²) in [4.78, 5) is 13.0. The number of hydrogen-bond donors (Lipinski definition) is 1. The minimum atomic E-state index is -2.47. The second kappa shape index (κ2) is 5.39. The van der Waals surface area contributed by atoms with E-state index in [2.05, 4.69) is 0 Å². The van der Waals surface area contributed by atoms with Crippen molar-refractivity contribution in [3.63, 3.8) is 0 Å². The molecule has 15 heavy (non-hydrogen) atoms. The number of hydrogen-bond acceptors (Lipinski definition) is 2. The number of halogens is 2. The van der Waals surface area contributed by atoms with Gasteiger partial charge in [-0.1, -0.05) is 13.3 Å². The van der Waals surface area contributed by atoms with Crippen LogP contribution in [0.1, 0.15) is 32.6 Å². The van der Waals surface area contributed by atoms with Gasteiger partial charge in [0.05, 0.1) is 12.6 Å². The molecule has 0 aromatic carbocycles. The van der Waals surface area contributed by atoms with E-state index in [4.69, 9.17) is 5.73 Å². The van der Waals surface area contributed by atoms with Crippen LogP contribution < -0.4 is 5.73 Å². The molecule has 1 amide bonds. The molecule has 0 aromatic rings. The van der Waals surface area contributed by atoms with Crippen molar-refractivity contribution >= 4 is 5.91 Å². The number of carbonyl (C=O) groups excluding carboxylic acids is 1. The summed E-state index contributed by atoms with van der Waals surface area (Å²) in [6, 6.07) is -0.608. The van der Waals surface area contributed by atoms with Crippen molar-refractivity contribution in [3.05, 3.63) is 0 Å². The third-order valence-electron chi connectivity index (χ3n) is 2.52.